The van der Waals surface area contributed by atoms with Gasteiger partial charge in [0.2, 0.25) is 0 Å². The van der Waals surface area contributed by atoms with Gasteiger partial charge in [0.15, 0.2) is 5.69 Å². The first kappa shape index (κ1) is 18.6. The summed E-state index contributed by atoms with van der Waals surface area (Å²) in [6, 6.07) is 7.87. The zero-order valence-electron chi connectivity index (χ0n) is 15.9. The van der Waals surface area contributed by atoms with Gasteiger partial charge in [0, 0.05) is 50.2 Å². The van der Waals surface area contributed by atoms with Crippen LogP contribution in [0.4, 0.5) is 0 Å². The number of carbonyl (C=O) groups excluding carboxylic acids is 1. The molecule has 1 fully saturated rings. The lowest BCUT2D eigenvalue weighted by atomic mass is 9.99. The number of nitrogens with zero attached hydrogens (tertiary/aromatic N) is 2. The lowest BCUT2D eigenvalue weighted by Crippen LogP contribution is -2.32. The van der Waals surface area contributed by atoms with E-state index in [2.05, 4.69) is 20.5 Å². The summed E-state index contributed by atoms with van der Waals surface area (Å²) in [5, 5.41) is 11.0. The molecule has 2 aromatic heterocycles. The summed E-state index contributed by atoms with van der Waals surface area (Å²) in [5.74, 6) is 0.309. The van der Waals surface area contributed by atoms with Gasteiger partial charge in [0.05, 0.1) is 12.1 Å². The number of nitrogens with one attached hydrogen (secondary N) is 2. The topological polar surface area (TPSA) is 89.1 Å². The van der Waals surface area contributed by atoms with Gasteiger partial charge < -0.3 is 14.8 Å². The van der Waals surface area contributed by atoms with Crippen molar-refractivity contribution in [3.63, 3.8) is 0 Å². The first-order valence-electron chi connectivity index (χ1n) is 9.52. The van der Waals surface area contributed by atoms with E-state index in [1.165, 1.54) is 0 Å². The van der Waals surface area contributed by atoms with Crippen LogP contribution >= 0.6 is 0 Å². The van der Waals surface area contributed by atoms with E-state index < -0.39 is 0 Å². The van der Waals surface area contributed by atoms with E-state index in [0.717, 1.165) is 53.6 Å². The molecule has 0 unspecified atom stereocenters. The molecular weight excluding hydrogens is 356 g/mol. The van der Waals surface area contributed by atoms with Crippen molar-refractivity contribution in [3.8, 4) is 11.1 Å². The molecule has 3 heterocycles. The number of aromatic nitrogens is 3. The smallest absolute Gasteiger partial charge is 0.272 e. The number of rotatable bonds is 6. The number of hydrogen-bond donors (Lipinski definition) is 2. The number of aromatic amines is 1. The Balaban J connectivity index is 1.59. The standard InChI is InChI=1S/C21H24N4O3/c1-27-13-16-4-7-22-12-18(16)15-2-3-19-17(10-15)20(25-24-19)21(26)23-11-14-5-8-28-9-6-14/h2-4,7,10,12,14H,5-6,8-9,11,13H2,1H3,(H,23,26)(H,24,25). The summed E-state index contributed by atoms with van der Waals surface area (Å²) >= 11 is 0. The molecule has 7 heteroatoms. The van der Waals surface area contributed by atoms with Crippen molar-refractivity contribution >= 4 is 16.8 Å². The van der Waals surface area contributed by atoms with Gasteiger partial charge in [0.1, 0.15) is 0 Å². The second kappa shape index (κ2) is 8.50. The van der Waals surface area contributed by atoms with Crippen LogP contribution in [0, 0.1) is 5.92 Å². The van der Waals surface area contributed by atoms with Gasteiger partial charge in [-0.15, -0.1) is 0 Å². The van der Waals surface area contributed by atoms with Crippen LogP contribution in [0.5, 0.6) is 0 Å². The van der Waals surface area contributed by atoms with Gasteiger partial charge >= 0.3 is 0 Å². The summed E-state index contributed by atoms with van der Waals surface area (Å²) < 4.78 is 10.7. The van der Waals surface area contributed by atoms with Gasteiger partial charge in [-0.05, 0) is 48.1 Å². The number of hydrogen-bond acceptors (Lipinski definition) is 5. The Morgan fingerprint density at radius 3 is 3.00 bits per heavy atom. The maximum absolute atomic E-state index is 12.7. The summed E-state index contributed by atoms with van der Waals surface area (Å²) in [5.41, 5.74) is 4.26. The fourth-order valence-corrected chi connectivity index (χ4v) is 3.59. The highest BCUT2D eigenvalue weighted by atomic mass is 16.5. The first-order chi connectivity index (χ1) is 13.8. The van der Waals surface area contributed by atoms with Crippen molar-refractivity contribution in [2.45, 2.75) is 19.4 Å². The Bertz CT molecular complexity index is 963. The van der Waals surface area contributed by atoms with Crippen molar-refractivity contribution < 1.29 is 14.3 Å². The fourth-order valence-electron chi connectivity index (χ4n) is 3.59. The molecule has 2 N–H and O–H groups in total. The molecule has 1 amide bonds. The Hall–Kier alpha value is -2.77. The zero-order valence-corrected chi connectivity index (χ0v) is 15.9. The summed E-state index contributed by atoms with van der Waals surface area (Å²) in [6.07, 6.45) is 5.54. The minimum Gasteiger partial charge on any atom is -0.381 e. The van der Waals surface area contributed by atoms with E-state index in [1.807, 2.05) is 30.5 Å². The molecule has 146 valence electrons. The molecule has 1 aliphatic heterocycles. The lowest BCUT2D eigenvalue weighted by molar-refractivity contribution is 0.0642. The highest BCUT2D eigenvalue weighted by Crippen LogP contribution is 2.28. The molecule has 28 heavy (non-hydrogen) atoms. The number of amides is 1. The van der Waals surface area contributed by atoms with Crippen molar-refractivity contribution in [2.75, 3.05) is 26.9 Å². The van der Waals surface area contributed by atoms with Crippen LogP contribution in [0.25, 0.3) is 22.0 Å². The third-order valence-corrected chi connectivity index (χ3v) is 5.19. The summed E-state index contributed by atoms with van der Waals surface area (Å²) in [7, 11) is 1.67. The van der Waals surface area contributed by atoms with Crippen molar-refractivity contribution in [3.05, 3.63) is 47.9 Å². The zero-order chi connectivity index (χ0) is 19.3. The number of H-pyrrole nitrogens is 1. The molecule has 1 aliphatic rings. The van der Waals surface area contributed by atoms with Crippen LogP contribution in [0.2, 0.25) is 0 Å². The van der Waals surface area contributed by atoms with Crippen LogP contribution in [-0.4, -0.2) is 48.0 Å². The van der Waals surface area contributed by atoms with Gasteiger partial charge in [0.25, 0.3) is 5.91 Å². The van der Waals surface area contributed by atoms with Crippen molar-refractivity contribution in [1.29, 1.82) is 0 Å². The van der Waals surface area contributed by atoms with E-state index in [0.29, 0.717) is 24.8 Å². The predicted octanol–water partition coefficient (Wildman–Crippen LogP) is 2.93. The Morgan fingerprint density at radius 2 is 2.18 bits per heavy atom. The number of carbonyl (C=O) groups is 1. The van der Waals surface area contributed by atoms with Gasteiger partial charge in [-0.2, -0.15) is 5.10 Å². The molecule has 7 nitrogen and oxygen atoms in total. The predicted molar refractivity (Wildman–Crippen MR) is 106 cm³/mol. The average molecular weight is 380 g/mol. The molecule has 0 bridgehead atoms. The number of fused-ring (bicyclic) bond motifs is 1. The van der Waals surface area contributed by atoms with Crippen LogP contribution in [0.15, 0.2) is 36.7 Å². The monoisotopic (exact) mass is 380 g/mol. The number of ether oxygens (including phenoxy) is 2. The van der Waals surface area contributed by atoms with E-state index in [9.17, 15) is 4.79 Å². The third-order valence-electron chi connectivity index (χ3n) is 5.19. The van der Waals surface area contributed by atoms with Crippen LogP contribution < -0.4 is 5.32 Å². The quantitative estimate of drug-likeness (QED) is 0.686. The molecule has 0 spiro atoms. The molecule has 0 atom stereocenters. The lowest BCUT2D eigenvalue weighted by Gasteiger charge is -2.21. The van der Waals surface area contributed by atoms with Crippen molar-refractivity contribution in [2.24, 2.45) is 5.92 Å². The SMILES string of the molecule is COCc1ccncc1-c1ccc2[nH]nc(C(=O)NCC3CCOCC3)c2c1. The maximum atomic E-state index is 12.7. The van der Waals surface area contributed by atoms with Gasteiger partial charge in [-0.1, -0.05) is 6.07 Å². The highest BCUT2D eigenvalue weighted by molar-refractivity contribution is 6.05. The number of methoxy groups -OCH3 is 1. The van der Waals surface area contributed by atoms with Crippen LogP contribution in [0.3, 0.4) is 0 Å². The third kappa shape index (κ3) is 3.90. The van der Waals surface area contributed by atoms with Crippen molar-refractivity contribution in [1.82, 2.24) is 20.5 Å². The number of benzene rings is 1. The minimum absolute atomic E-state index is 0.154. The second-order valence-electron chi connectivity index (χ2n) is 7.06. The molecule has 4 rings (SSSR count). The Morgan fingerprint density at radius 1 is 1.32 bits per heavy atom. The van der Waals surface area contributed by atoms with Gasteiger partial charge in [-0.3, -0.25) is 14.9 Å². The largest absolute Gasteiger partial charge is 0.381 e. The normalized spacial score (nSPS) is 15.0. The maximum Gasteiger partial charge on any atom is 0.272 e. The molecule has 1 saturated heterocycles. The Labute approximate surface area is 163 Å². The highest BCUT2D eigenvalue weighted by Gasteiger charge is 2.19. The molecule has 0 radical (unpaired) electrons. The second-order valence-corrected chi connectivity index (χ2v) is 7.06. The molecule has 0 aliphatic carbocycles. The summed E-state index contributed by atoms with van der Waals surface area (Å²) in [6.45, 7) is 2.69. The van der Waals surface area contributed by atoms with Crippen LogP contribution in [0.1, 0.15) is 28.9 Å². The first-order valence-corrected chi connectivity index (χ1v) is 9.52. The van der Waals surface area contributed by atoms with Gasteiger partial charge in [-0.25, -0.2) is 0 Å². The summed E-state index contributed by atoms with van der Waals surface area (Å²) in [4.78, 5) is 17.0. The van der Waals surface area contributed by atoms with Crippen LogP contribution in [-0.2, 0) is 16.1 Å². The van der Waals surface area contributed by atoms with E-state index in [-0.39, 0.29) is 5.91 Å². The Kier molecular flexibility index (Phi) is 5.64. The molecule has 3 aromatic rings. The molecule has 0 saturated carbocycles. The van der Waals surface area contributed by atoms with E-state index in [4.69, 9.17) is 9.47 Å². The average Bonchev–Trinajstić information content (AvgIpc) is 3.17. The fraction of sp³-hybridized carbons (Fsp3) is 0.381. The minimum atomic E-state index is -0.154. The molecule has 1 aromatic carbocycles. The number of pyridine rings is 1. The molecular formula is C21H24N4O3. The van der Waals surface area contributed by atoms with E-state index >= 15 is 0 Å². The van der Waals surface area contributed by atoms with E-state index in [1.54, 1.807) is 13.3 Å².